The first-order valence-electron chi connectivity index (χ1n) is 7.96. The fraction of sp³-hybridized carbons (Fsp3) is 0.222. The molecule has 0 bridgehead atoms. The Morgan fingerprint density at radius 1 is 1.32 bits per heavy atom. The van der Waals surface area contributed by atoms with Crippen molar-refractivity contribution in [3.05, 3.63) is 64.4 Å². The second-order valence-corrected chi connectivity index (χ2v) is 6.41. The number of benzene rings is 1. The third-order valence-electron chi connectivity index (χ3n) is 3.45. The topological polar surface area (TPSA) is 56.2 Å². The van der Waals surface area contributed by atoms with Crippen LogP contribution in [0.15, 0.2) is 48.0 Å². The Balaban J connectivity index is 1.82. The standard InChI is InChI=1S/C18H18FN3O2S/c1-2-9-24-16-12-22(14-7-5-13(19)6-8-14)21-17(16)18(23)20-11-15-4-3-10-25-15/h3-8,10,12H,2,9,11H2,1H3,(H,20,23). The van der Waals surface area contributed by atoms with Gasteiger partial charge in [-0.2, -0.15) is 5.10 Å². The molecule has 25 heavy (non-hydrogen) atoms. The number of carbonyl (C=O) groups is 1. The summed E-state index contributed by atoms with van der Waals surface area (Å²) in [6, 6.07) is 9.78. The van der Waals surface area contributed by atoms with Crippen molar-refractivity contribution < 1.29 is 13.9 Å². The van der Waals surface area contributed by atoms with E-state index >= 15 is 0 Å². The molecule has 2 aromatic heterocycles. The average Bonchev–Trinajstić information content (AvgIpc) is 3.28. The van der Waals surface area contributed by atoms with Crippen LogP contribution in [0.2, 0.25) is 0 Å². The normalized spacial score (nSPS) is 10.6. The van der Waals surface area contributed by atoms with E-state index < -0.39 is 0 Å². The van der Waals surface area contributed by atoms with Crippen LogP contribution in [0.1, 0.15) is 28.7 Å². The summed E-state index contributed by atoms with van der Waals surface area (Å²) >= 11 is 1.57. The number of thiophene rings is 1. The van der Waals surface area contributed by atoms with Gasteiger partial charge in [-0.05, 0) is 42.1 Å². The molecule has 5 nitrogen and oxygen atoms in total. The molecule has 0 unspecified atom stereocenters. The number of halogens is 1. The molecule has 1 N–H and O–H groups in total. The molecule has 0 atom stereocenters. The van der Waals surface area contributed by atoms with E-state index in [0.717, 1.165) is 11.3 Å². The molecule has 7 heteroatoms. The molecule has 0 saturated carbocycles. The van der Waals surface area contributed by atoms with Gasteiger partial charge in [0.15, 0.2) is 11.4 Å². The van der Waals surface area contributed by atoms with Crippen LogP contribution in [-0.2, 0) is 6.54 Å². The summed E-state index contributed by atoms with van der Waals surface area (Å²) in [5.74, 6) is -0.220. The number of nitrogens with one attached hydrogen (secondary N) is 1. The van der Waals surface area contributed by atoms with Crippen LogP contribution >= 0.6 is 11.3 Å². The SMILES string of the molecule is CCCOc1cn(-c2ccc(F)cc2)nc1C(=O)NCc1cccs1. The lowest BCUT2D eigenvalue weighted by molar-refractivity contribution is 0.0942. The molecule has 1 aromatic carbocycles. The second-order valence-electron chi connectivity index (χ2n) is 5.37. The molecule has 0 aliphatic carbocycles. The summed E-state index contributed by atoms with van der Waals surface area (Å²) in [7, 11) is 0. The molecule has 1 amide bonds. The van der Waals surface area contributed by atoms with Crippen LogP contribution in [0.4, 0.5) is 4.39 Å². The zero-order chi connectivity index (χ0) is 17.6. The van der Waals surface area contributed by atoms with Crippen LogP contribution in [0.25, 0.3) is 5.69 Å². The van der Waals surface area contributed by atoms with Crippen molar-refractivity contribution in [3.8, 4) is 11.4 Å². The Kier molecular flexibility index (Phi) is 5.45. The Morgan fingerprint density at radius 3 is 2.80 bits per heavy atom. The zero-order valence-corrected chi connectivity index (χ0v) is 14.6. The maximum atomic E-state index is 13.1. The fourth-order valence-electron chi connectivity index (χ4n) is 2.22. The second kappa shape index (κ2) is 7.94. The van der Waals surface area contributed by atoms with Gasteiger partial charge in [-0.25, -0.2) is 9.07 Å². The summed E-state index contributed by atoms with van der Waals surface area (Å²) in [5, 5.41) is 9.13. The zero-order valence-electron chi connectivity index (χ0n) is 13.7. The third-order valence-corrected chi connectivity index (χ3v) is 4.33. The maximum absolute atomic E-state index is 13.1. The predicted molar refractivity (Wildman–Crippen MR) is 94.8 cm³/mol. The van der Waals surface area contributed by atoms with Crippen molar-refractivity contribution in [1.82, 2.24) is 15.1 Å². The molecule has 0 radical (unpaired) electrons. The van der Waals surface area contributed by atoms with E-state index in [1.807, 2.05) is 24.4 Å². The lowest BCUT2D eigenvalue weighted by Gasteiger charge is -2.05. The van der Waals surface area contributed by atoms with Crippen molar-refractivity contribution in [2.45, 2.75) is 19.9 Å². The van der Waals surface area contributed by atoms with Crippen molar-refractivity contribution in [3.63, 3.8) is 0 Å². The smallest absolute Gasteiger partial charge is 0.275 e. The first kappa shape index (κ1) is 17.2. The van der Waals surface area contributed by atoms with Gasteiger partial charge >= 0.3 is 0 Å². The number of rotatable bonds is 7. The minimum atomic E-state index is -0.327. The summed E-state index contributed by atoms with van der Waals surface area (Å²) in [5.41, 5.74) is 0.870. The van der Waals surface area contributed by atoms with E-state index in [4.69, 9.17) is 4.74 Å². The lowest BCUT2D eigenvalue weighted by Crippen LogP contribution is -2.23. The average molecular weight is 359 g/mol. The van der Waals surface area contributed by atoms with E-state index in [1.165, 1.54) is 16.8 Å². The van der Waals surface area contributed by atoms with Crippen molar-refractivity contribution in [2.75, 3.05) is 6.61 Å². The van der Waals surface area contributed by atoms with E-state index in [2.05, 4.69) is 10.4 Å². The van der Waals surface area contributed by atoms with Crippen LogP contribution in [0.3, 0.4) is 0 Å². The number of amides is 1. The first-order chi connectivity index (χ1) is 12.2. The van der Waals surface area contributed by atoms with Crippen LogP contribution < -0.4 is 10.1 Å². The highest BCUT2D eigenvalue weighted by atomic mass is 32.1. The Bertz CT molecular complexity index is 829. The molecule has 3 rings (SSSR count). The van der Waals surface area contributed by atoms with Crippen molar-refractivity contribution in [1.29, 1.82) is 0 Å². The minimum absolute atomic E-state index is 0.217. The summed E-state index contributed by atoms with van der Waals surface area (Å²) in [6.45, 7) is 2.91. The molecule has 0 saturated heterocycles. The molecule has 0 spiro atoms. The van der Waals surface area contributed by atoms with Gasteiger partial charge < -0.3 is 10.1 Å². The van der Waals surface area contributed by atoms with Crippen molar-refractivity contribution in [2.24, 2.45) is 0 Å². The van der Waals surface area contributed by atoms with Gasteiger partial charge in [0, 0.05) is 4.88 Å². The van der Waals surface area contributed by atoms with E-state index in [9.17, 15) is 9.18 Å². The largest absolute Gasteiger partial charge is 0.489 e. The number of ether oxygens (including phenoxy) is 1. The summed E-state index contributed by atoms with van der Waals surface area (Å²) < 4.78 is 20.3. The van der Waals surface area contributed by atoms with E-state index in [0.29, 0.717) is 24.6 Å². The minimum Gasteiger partial charge on any atom is -0.489 e. The van der Waals surface area contributed by atoms with Crippen LogP contribution in [0.5, 0.6) is 5.75 Å². The number of hydrogen-bond donors (Lipinski definition) is 1. The number of aromatic nitrogens is 2. The number of nitrogens with zero attached hydrogens (tertiary/aromatic N) is 2. The molecule has 0 aliphatic heterocycles. The third kappa shape index (κ3) is 4.24. The highest BCUT2D eigenvalue weighted by Crippen LogP contribution is 2.21. The van der Waals surface area contributed by atoms with Gasteiger partial charge in [0.2, 0.25) is 0 Å². The van der Waals surface area contributed by atoms with Crippen molar-refractivity contribution >= 4 is 17.2 Å². The summed E-state index contributed by atoms with van der Waals surface area (Å²) in [6.07, 6.45) is 2.46. The molecular formula is C18H18FN3O2S. The molecule has 130 valence electrons. The quantitative estimate of drug-likeness (QED) is 0.698. The van der Waals surface area contributed by atoms with Gasteiger partial charge in [-0.15, -0.1) is 11.3 Å². The maximum Gasteiger partial charge on any atom is 0.275 e. The Morgan fingerprint density at radius 2 is 2.12 bits per heavy atom. The van der Waals surface area contributed by atoms with Crippen LogP contribution in [0, 0.1) is 5.82 Å². The van der Waals surface area contributed by atoms with Gasteiger partial charge in [0.05, 0.1) is 25.0 Å². The van der Waals surface area contributed by atoms with E-state index in [1.54, 1.807) is 29.7 Å². The fourth-order valence-corrected chi connectivity index (χ4v) is 2.87. The molecule has 0 aliphatic rings. The number of hydrogen-bond acceptors (Lipinski definition) is 4. The van der Waals surface area contributed by atoms with Gasteiger partial charge in [-0.1, -0.05) is 13.0 Å². The molecule has 3 aromatic rings. The van der Waals surface area contributed by atoms with E-state index in [-0.39, 0.29) is 17.4 Å². The van der Waals surface area contributed by atoms with Gasteiger partial charge in [0.1, 0.15) is 5.82 Å². The highest BCUT2D eigenvalue weighted by Gasteiger charge is 2.19. The molecule has 2 heterocycles. The first-order valence-corrected chi connectivity index (χ1v) is 8.84. The Labute approximate surface area is 149 Å². The Hall–Kier alpha value is -2.67. The lowest BCUT2D eigenvalue weighted by atomic mass is 10.3. The van der Waals surface area contributed by atoms with Crippen LogP contribution in [-0.4, -0.2) is 22.3 Å². The molecule has 0 fully saturated rings. The molecular weight excluding hydrogens is 341 g/mol. The monoisotopic (exact) mass is 359 g/mol. The highest BCUT2D eigenvalue weighted by molar-refractivity contribution is 7.09. The predicted octanol–water partition coefficient (Wildman–Crippen LogP) is 3.79. The summed E-state index contributed by atoms with van der Waals surface area (Å²) in [4.78, 5) is 13.6. The van der Waals surface area contributed by atoms with Gasteiger partial charge in [-0.3, -0.25) is 4.79 Å². The number of carbonyl (C=O) groups excluding carboxylic acids is 1. The van der Waals surface area contributed by atoms with Gasteiger partial charge in [0.25, 0.3) is 5.91 Å².